The molecule has 6 aromatic rings. The quantitative estimate of drug-likeness (QED) is 0.126. The van der Waals surface area contributed by atoms with Crippen molar-refractivity contribution in [3.63, 3.8) is 0 Å². The number of hydrogen-bond acceptors (Lipinski definition) is 6. The van der Waals surface area contributed by atoms with Gasteiger partial charge in [0.1, 0.15) is 11.5 Å². The van der Waals surface area contributed by atoms with Crippen LogP contribution in [0.25, 0.3) is 43.6 Å². The maximum Gasteiger partial charge on any atom is 0.119 e. The molecule has 0 bridgehead atoms. The number of nitrogens with zero attached hydrogens (tertiary/aromatic N) is 2. The average molecular weight is 608 g/mol. The maximum absolute atomic E-state index is 6.27. The van der Waals surface area contributed by atoms with E-state index in [0.29, 0.717) is 10.0 Å². The van der Waals surface area contributed by atoms with E-state index >= 15 is 0 Å². The Morgan fingerprint density at radius 2 is 1.00 bits per heavy atom. The summed E-state index contributed by atoms with van der Waals surface area (Å²) in [6, 6.07) is 23.5. The lowest BCUT2D eigenvalue weighted by Gasteiger charge is -2.16. The molecule has 0 atom stereocenters. The number of pyridine rings is 2. The summed E-state index contributed by atoms with van der Waals surface area (Å²) in [6.07, 6.45) is 1.93. The number of unbranched alkanes of at least 4 members (excludes halogenated alkanes) is 1. The highest BCUT2D eigenvalue weighted by Gasteiger charge is 2.12. The molecule has 4 aromatic carbocycles. The minimum atomic E-state index is 0. The zero-order valence-electron chi connectivity index (χ0n) is 22.6. The molecule has 0 radical (unpaired) electrons. The third-order valence-corrected chi connectivity index (χ3v) is 7.56. The smallest absolute Gasteiger partial charge is 0.119 e. The second-order valence-electron chi connectivity index (χ2n) is 9.62. The summed E-state index contributed by atoms with van der Waals surface area (Å²) in [6.45, 7) is 1.61. The van der Waals surface area contributed by atoms with E-state index in [1.165, 1.54) is 0 Å². The first-order chi connectivity index (χ1) is 19.5. The van der Waals surface area contributed by atoms with Gasteiger partial charge >= 0.3 is 0 Å². The molecule has 0 fully saturated rings. The molecular formula is C32H29Cl3N4O2. The Morgan fingerprint density at radius 1 is 0.561 bits per heavy atom. The highest BCUT2D eigenvalue weighted by Crippen LogP contribution is 2.35. The van der Waals surface area contributed by atoms with Crippen molar-refractivity contribution in [3.8, 4) is 11.5 Å². The van der Waals surface area contributed by atoms with Crippen molar-refractivity contribution < 1.29 is 9.47 Å². The molecule has 0 saturated heterocycles. The second-order valence-corrected chi connectivity index (χ2v) is 10.5. The lowest BCUT2D eigenvalue weighted by molar-refractivity contribution is 0.415. The lowest BCUT2D eigenvalue weighted by Crippen LogP contribution is -2.08. The van der Waals surface area contributed by atoms with Gasteiger partial charge in [-0.15, -0.1) is 12.4 Å². The van der Waals surface area contributed by atoms with Gasteiger partial charge in [-0.1, -0.05) is 23.2 Å². The van der Waals surface area contributed by atoms with Gasteiger partial charge in [-0.05, 0) is 85.6 Å². The largest absolute Gasteiger partial charge is 0.497 e. The van der Waals surface area contributed by atoms with Crippen LogP contribution in [0.15, 0.2) is 72.8 Å². The van der Waals surface area contributed by atoms with Crippen LogP contribution < -0.4 is 20.1 Å². The zero-order valence-corrected chi connectivity index (χ0v) is 25.0. The predicted octanol–water partition coefficient (Wildman–Crippen LogP) is 9.14. The minimum absolute atomic E-state index is 0. The van der Waals surface area contributed by atoms with Crippen LogP contribution in [0.4, 0.5) is 11.4 Å². The third-order valence-electron chi connectivity index (χ3n) is 7.09. The molecule has 41 heavy (non-hydrogen) atoms. The fraction of sp³-hybridized carbons (Fsp3) is 0.188. The van der Waals surface area contributed by atoms with Crippen molar-refractivity contribution in [1.82, 2.24) is 9.97 Å². The molecule has 2 heterocycles. The van der Waals surface area contributed by atoms with Gasteiger partial charge in [-0.25, -0.2) is 9.97 Å². The van der Waals surface area contributed by atoms with Gasteiger partial charge in [-0.2, -0.15) is 0 Å². The average Bonchev–Trinajstić information content (AvgIpc) is 2.97. The standard InChI is InChI=1S/C32H28Cl2N4O2.ClH/c1-39-21-7-11-27-25(17-21)31(23-9-5-19(33)15-29(23)37-27)35-13-3-4-14-36-32-24-10-6-20(34)16-30(24)38-28-12-8-22(40-2)18-26(28)32;/h5-12,15-18H,3-4,13-14H2,1-2H3,(H,35,37)(H,36,38);1H. The Kier molecular flexibility index (Phi) is 8.74. The van der Waals surface area contributed by atoms with E-state index in [4.69, 9.17) is 42.6 Å². The second kappa shape index (κ2) is 12.4. The molecule has 0 aliphatic heterocycles. The van der Waals surface area contributed by atoms with Crippen molar-refractivity contribution in [2.45, 2.75) is 12.8 Å². The Morgan fingerprint density at radius 3 is 1.41 bits per heavy atom. The number of ether oxygens (including phenoxy) is 2. The van der Waals surface area contributed by atoms with Crippen molar-refractivity contribution in [2.24, 2.45) is 0 Å². The molecule has 2 aromatic heterocycles. The number of nitrogens with one attached hydrogen (secondary N) is 2. The first kappa shape index (κ1) is 28.8. The van der Waals surface area contributed by atoms with E-state index in [1.54, 1.807) is 14.2 Å². The van der Waals surface area contributed by atoms with Crippen molar-refractivity contribution in [2.75, 3.05) is 37.9 Å². The number of aromatic nitrogens is 2. The normalized spacial score (nSPS) is 11.1. The first-order valence-corrected chi connectivity index (χ1v) is 13.9. The van der Waals surface area contributed by atoms with Crippen LogP contribution in [0.1, 0.15) is 12.8 Å². The Bertz CT molecular complexity index is 1740. The number of halogens is 3. The lowest BCUT2D eigenvalue weighted by atomic mass is 10.1. The van der Waals surface area contributed by atoms with Gasteiger partial charge < -0.3 is 20.1 Å². The third kappa shape index (κ3) is 5.87. The Balaban J connectivity index is 0.00000337. The van der Waals surface area contributed by atoms with Gasteiger partial charge in [0.05, 0.1) is 47.7 Å². The molecule has 0 saturated carbocycles. The minimum Gasteiger partial charge on any atom is -0.497 e. The Labute approximate surface area is 254 Å². The van der Waals surface area contributed by atoms with E-state index in [0.717, 1.165) is 92.4 Å². The first-order valence-electron chi connectivity index (χ1n) is 13.2. The van der Waals surface area contributed by atoms with E-state index in [9.17, 15) is 0 Å². The van der Waals surface area contributed by atoms with Gasteiger partial charge in [0, 0.05) is 44.7 Å². The summed E-state index contributed by atoms with van der Waals surface area (Å²) in [4.78, 5) is 9.64. The number of hydrogen-bond donors (Lipinski definition) is 2. The molecule has 0 spiro atoms. The summed E-state index contributed by atoms with van der Waals surface area (Å²) >= 11 is 12.5. The molecule has 0 amide bonds. The molecule has 2 N–H and O–H groups in total. The summed E-state index contributed by atoms with van der Waals surface area (Å²) in [7, 11) is 3.35. The summed E-state index contributed by atoms with van der Waals surface area (Å²) < 4.78 is 11.0. The molecule has 6 nitrogen and oxygen atoms in total. The molecule has 210 valence electrons. The van der Waals surface area contributed by atoms with Crippen LogP contribution in [0.5, 0.6) is 11.5 Å². The number of rotatable bonds is 9. The number of methoxy groups -OCH3 is 2. The highest BCUT2D eigenvalue weighted by atomic mass is 35.5. The van der Waals surface area contributed by atoms with Crippen molar-refractivity contribution in [3.05, 3.63) is 82.8 Å². The molecule has 0 unspecified atom stereocenters. The zero-order chi connectivity index (χ0) is 27.6. The molecule has 9 heteroatoms. The van der Waals surface area contributed by atoms with Gasteiger partial charge in [0.2, 0.25) is 0 Å². The molecule has 6 rings (SSSR count). The van der Waals surface area contributed by atoms with Crippen LogP contribution in [-0.4, -0.2) is 37.3 Å². The molecule has 0 aliphatic rings. The summed E-state index contributed by atoms with van der Waals surface area (Å²) in [5, 5.41) is 12.8. The van der Waals surface area contributed by atoms with E-state index in [1.807, 2.05) is 72.8 Å². The fourth-order valence-electron chi connectivity index (χ4n) is 5.10. The van der Waals surface area contributed by atoms with E-state index in [-0.39, 0.29) is 12.4 Å². The van der Waals surface area contributed by atoms with Gasteiger partial charge in [-0.3, -0.25) is 0 Å². The van der Waals surface area contributed by atoms with E-state index in [2.05, 4.69) is 10.6 Å². The van der Waals surface area contributed by atoms with Crippen LogP contribution in [-0.2, 0) is 0 Å². The molecular weight excluding hydrogens is 579 g/mol. The number of benzene rings is 4. The molecule has 0 aliphatic carbocycles. The van der Waals surface area contributed by atoms with Gasteiger partial charge in [0.15, 0.2) is 0 Å². The van der Waals surface area contributed by atoms with Crippen LogP contribution in [0.2, 0.25) is 10.0 Å². The van der Waals surface area contributed by atoms with Crippen LogP contribution in [0, 0.1) is 0 Å². The number of fused-ring (bicyclic) bond motifs is 4. The maximum atomic E-state index is 6.27. The fourth-order valence-corrected chi connectivity index (χ4v) is 5.44. The van der Waals surface area contributed by atoms with Crippen LogP contribution in [0.3, 0.4) is 0 Å². The van der Waals surface area contributed by atoms with Gasteiger partial charge in [0.25, 0.3) is 0 Å². The summed E-state index contributed by atoms with van der Waals surface area (Å²) in [5.74, 6) is 1.59. The van der Waals surface area contributed by atoms with Crippen molar-refractivity contribution >= 4 is 90.6 Å². The highest BCUT2D eigenvalue weighted by molar-refractivity contribution is 6.32. The van der Waals surface area contributed by atoms with Crippen LogP contribution >= 0.6 is 35.6 Å². The summed E-state index contributed by atoms with van der Waals surface area (Å²) in [5.41, 5.74) is 5.60. The topological polar surface area (TPSA) is 68.3 Å². The van der Waals surface area contributed by atoms with E-state index < -0.39 is 0 Å². The monoisotopic (exact) mass is 606 g/mol. The number of anilines is 2. The Hall–Kier alpha value is -3.71. The SMILES string of the molecule is COc1ccc2nc3cc(Cl)ccc3c(NCCCCNc3c4ccc(Cl)cc4nc4ccc(OC)cc34)c2c1.Cl. The van der Waals surface area contributed by atoms with Crippen molar-refractivity contribution in [1.29, 1.82) is 0 Å². The predicted molar refractivity (Wildman–Crippen MR) is 175 cm³/mol.